The molecule has 38 heavy (non-hydrogen) atoms. The van der Waals surface area contributed by atoms with Crippen molar-refractivity contribution >= 4 is 11.6 Å². The number of hydrogen-bond donors (Lipinski definition) is 0. The number of ketones is 2. The van der Waals surface area contributed by atoms with Gasteiger partial charge in [0.05, 0.1) is 0 Å². The maximum absolute atomic E-state index is 12.2. The van der Waals surface area contributed by atoms with Crippen LogP contribution in [0.5, 0.6) is 0 Å². The Kier molecular flexibility index (Phi) is 21.4. The van der Waals surface area contributed by atoms with Crippen molar-refractivity contribution in [2.75, 3.05) is 0 Å². The number of carbonyl (C=O) groups is 2. The van der Waals surface area contributed by atoms with Gasteiger partial charge < -0.3 is 0 Å². The Labute approximate surface area is 236 Å². The molecule has 0 bridgehead atoms. The fourth-order valence-electron chi connectivity index (χ4n) is 4.17. The Hall–Kier alpha value is -2.22. The molecule has 0 saturated heterocycles. The highest BCUT2D eigenvalue weighted by molar-refractivity contribution is 5.86. The lowest BCUT2D eigenvalue weighted by molar-refractivity contribution is -0.124. The van der Waals surface area contributed by atoms with Crippen molar-refractivity contribution in [2.24, 2.45) is 0 Å². The first kappa shape index (κ1) is 35.8. The molecule has 2 heteroatoms. The molecule has 0 aromatic carbocycles. The van der Waals surface area contributed by atoms with Crippen molar-refractivity contribution in [3.8, 4) is 0 Å². The molecule has 0 spiro atoms. The van der Waals surface area contributed by atoms with E-state index in [1.165, 1.54) is 33.4 Å². The maximum atomic E-state index is 12.2. The molecule has 0 atom stereocenters. The van der Waals surface area contributed by atoms with Gasteiger partial charge in [-0.2, -0.15) is 0 Å². The number of carbonyl (C=O) groups excluding carboxylic acids is 2. The van der Waals surface area contributed by atoms with E-state index in [2.05, 4.69) is 91.8 Å². The van der Waals surface area contributed by atoms with Crippen LogP contribution in [0.3, 0.4) is 0 Å². The van der Waals surface area contributed by atoms with Crippen LogP contribution >= 0.6 is 0 Å². The van der Waals surface area contributed by atoms with E-state index in [9.17, 15) is 9.59 Å². The first-order chi connectivity index (χ1) is 18.0. The SMILES string of the molecule is CC(C)=CCCC(C)=CCCC(C)=CCCC(=O)CCC(=O)CCC=C(C)CCC=C(C)CCC=C(C)C. The van der Waals surface area contributed by atoms with Crippen molar-refractivity contribution in [3.63, 3.8) is 0 Å². The third-order valence-electron chi connectivity index (χ3n) is 6.76. The fourth-order valence-corrected chi connectivity index (χ4v) is 4.17. The summed E-state index contributed by atoms with van der Waals surface area (Å²) in [6.45, 7) is 17.3. The molecule has 0 saturated carbocycles. The molecule has 0 N–H and O–H groups in total. The number of hydrogen-bond acceptors (Lipinski definition) is 2. The normalized spacial score (nSPS) is 12.9. The average molecular weight is 523 g/mol. The summed E-state index contributed by atoms with van der Waals surface area (Å²) >= 11 is 0. The predicted molar refractivity (Wildman–Crippen MR) is 169 cm³/mol. The Bertz CT molecular complexity index is 804. The van der Waals surface area contributed by atoms with E-state index in [1.807, 2.05) is 0 Å². The molecule has 0 heterocycles. The first-order valence-corrected chi connectivity index (χ1v) is 14.9. The maximum Gasteiger partial charge on any atom is 0.133 e. The van der Waals surface area contributed by atoms with E-state index >= 15 is 0 Å². The Morgan fingerprint density at radius 2 is 0.579 bits per heavy atom. The minimum absolute atomic E-state index is 0.205. The fraction of sp³-hybridized carbons (Fsp3) is 0.611. The summed E-state index contributed by atoms with van der Waals surface area (Å²) in [6.07, 6.45) is 25.8. The van der Waals surface area contributed by atoms with Gasteiger partial charge in [0.1, 0.15) is 11.6 Å². The van der Waals surface area contributed by atoms with Gasteiger partial charge in [-0.25, -0.2) is 0 Å². The van der Waals surface area contributed by atoms with Crippen molar-refractivity contribution in [3.05, 3.63) is 69.9 Å². The molecule has 0 amide bonds. The van der Waals surface area contributed by atoms with Gasteiger partial charge in [0, 0.05) is 25.7 Å². The van der Waals surface area contributed by atoms with Crippen LogP contribution in [0, 0.1) is 0 Å². The Morgan fingerprint density at radius 3 is 0.842 bits per heavy atom. The monoisotopic (exact) mass is 522 g/mol. The molecular weight excluding hydrogens is 464 g/mol. The van der Waals surface area contributed by atoms with Crippen LogP contribution in [0.15, 0.2) is 69.9 Å². The van der Waals surface area contributed by atoms with Crippen LogP contribution in [0.2, 0.25) is 0 Å². The number of Topliss-reactive ketones (excluding diaryl/α,β-unsaturated/α-hetero) is 2. The number of rotatable bonds is 21. The molecule has 0 radical (unpaired) electrons. The lowest BCUT2D eigenvalue weighted by Crippen LogP contribution is -2.03. The quantitative estimate of drug-likeness (QED) is 0.140. The van der Waals surface area contributed by atoms with E-state index in [4.69, 9.17) is 0 Å². The van der Waals surface area contributed by atoms with Crippen molar-refractivity contribution in [1.29, 1.82) is 0 Å². The number of allylic oxidation sites excluding steroid dienone is 12. The summed E-state index contributed by atoms with van der Waals surface area (Å²) in [5.41, 5.74) is 8.36. The van der Waals surface area contributed by atoms with Crippen molar-refractivity contribution < 1.29 is 9.59 Å². The van der Waals surface area contributed by atoms with Gasteiger partial charge in [-0.1, -0.05) is 69.9 Å². The van der Waals surface area contributed by atoms with Crippen molar-refractivity contribution in [1.82, 2.24) is 0 Å². The van der Waals surface area contributed by atoms with Gasteiger partial charge in [-0.15, -0.1) is 0 Å². The smallest absolute Gasteiger partial charge is 0.133 e. The summed E-state index contributed by atoms with van der Waals surface area (Å²) in [5, 5.41) is 0. The van der Waals surface area contributed by atoms with Crippen LogP contribution in [0.4, 0.5) is 0 Å². The van der Waals surface area contributed by atoms with E-state index in [0.717, 1.165) is 64.2 Å². The Morgan fingerprint density at radius 1 is 0.342 bits per heavy atom. The lowest BCUT2D eigenvalue weighted by Gasteiger charge is -2.03. The minimum Gasteiger partial charge on any atom is -0.300 e. The average Bonchev–Trinajstić information content (AvgIpc) is 2.82. The summed E-state index contributed by atoms with van der Waals surface area (Å²) < 4.78 is 0. The highest BCUT2D eigenvalue weighted by Crippen LogP contribution is 2.14. The third kappa shape index (κ3) is 24.1. The zero-order chi connectivity index (χ0) is 28.8. The van der Waals surface area contributed by atoms with Crippen LogP contribution < -0.4 is 0 Å². The van der Waals surface area contributed by atoms with E-state index in [0.29, 0.717) is 25.7 Å². The van der Waals surface area contributed by atoms with Crippen molar-refractivity contribution in [2.45, 2.75) is 145 Å². The van der Waals surface area contributed by atoms with Crippen LogP contribution in [0.25, 0.3) is 0 Å². The van der Waals surface area contributed by atoms with Crippen LogP contribution in [-0.4, -0.2) is 11.6 Å². The molecule has 0 aliphatic heterocycles. The van der Waals surface area contributed by atoms with E-state index < -0.39 is 0 Å². The summed E-state index contributed by atoms with van der Waals surface area (Å²) in [6, 6.07) is 0. The summed E-state index contributed by atoms with van der Waals surface area (Å²) in [4.78, 5) is 24.4. The Balaban J connectivity index is 4.05. The highest BCUT2D eigenvalue weighted by atomic mass is 16.1. The standard InChI is InChI=1S/C36H58O2/c1-29(2)15-9-17-31(5)19-11-21-33(7)23-13-25-35(37)27-28-36(38)26-14-24-34(8)22-12-20-32(6)18-10-16-30(3)4/h15-16,19-20,23-24H,9-14,17-18,21-22,25-28H2,1-8H3. The van der Waals surface area contributed by atoms with Gasteiger partial charge in [-0.3, -0.25) is 9.59 Å². The van der Waals surface area contributed by atoms with Gasteiger partial charge in [0.2, 0.25) is 0 Å². The molecule has 0 aliphatic rings. The minimum atomic E-state index is 0.205. The molecule has 0 aromatic heterocycles. The molecule has 0 aliphatic carbocycles. The molecular formula is C36H58O2. The second-order valence-corrected chi connectivity index (χ2v) is 11.6. The van der Waals surface area contributed by atoms with E-state index in [-0.39, 0.29) is 11.6 Å². The van der Waals surface area contributed by atoms with Crippen LogP contribution in [-0.2, 0) is 9.59 Å². The predicted octanol–water partition coefficient (Wildman–Crippen LogP) is 11.3. The third-order valence-corrected chi connectivity index (χ3v) is 6.76. The lowest BCUT2D eigenvalue weighted by atomic mass is 10.0. The van der Waals surface area contributed by atoms with Gasteiger partial charge >= 0.3 is 0 Å². The second kappa shape index (κ2) is 22.7. The summed E-state index contributed by atoms with van der Waals surface area (Å²) in [5.74, 6) is 0.409. The molecule has 0 aromatic rings. The topological polar surface area (TPSA) is 34.1 Å². The zero-order valence-corrected chi connectivity index (χ0v) is 26.2. The largest absolute Gasteiger partial charge is 0.300 e. The molecule has 0 rings (SSSR count). The van der Waals surface area contributed by atoms with Gasteiger partial charge in [-0.05, 0) is 120 Å². The summed E-state index contributed by atoms with van der Waals surface area (Å²) in [7, 11) is 0. The zero-order valence-electron chi connectivity index (χ0n) is 26.2. The molecule has 214 valence electrons. The molecule has 0 unspecified atom stereocenters. The van der Waals surface area contributed by atoms with Gasteiger partial charge in [0.25, 0.3) is 0 Å². The second-order valence-electron chi connectivity index (χ2n) is 11.6. The van der Waals surface area contributed by atoms with E-state index in [1.54, 1.807) is 0 Å². The molecule has 0 fully saturated rings. The highest BCUT2D eigenvalue weighted by Gasteiger charge is 2.06. The van der Waals surface area contributed by atoms with Gasteiger partial charge in [0.15, 0.2) is 0 Å². The van der Waals surface area contributed by atoms with Crippen LogP contribution in [0.1, 0.15) is 145 Å². The first-order valence-electron chi connectivity index (χ1n) is 14.9. The molecule has 2 nitrogen and oxygen atoms in total.